The molecule has 8 heteroatoms. The number of rotatable bonds is 6. The number of carbonyl (C=O) groups excluding carboxylic acids is 1. The van der Waals surface area contributed by atoms with Gasteiger partial charge in [-0.25, -0.2) is 4.98 Å². The zero-order valence-electron chi connectivity index (χ0n) is 13.8. The van der Waals surface area contributed by atoms with Crippen LogP contribution in [0.1, 0.15) is 22.9 Å². The second-order valence-electron chi connectivity index (χ2n) is 6.01. The highest BCUT2D eigenvalue weighted by Gasteiger charge is 2.19. The first-order valence-corrected chi connectivity index (χ1v) is 8.97. The molecule has 0 aliphatic rings. The molecule has 0 radical (unpaired) electrons. The van der Waals surface area contributed by atoms with Crippen molar-refractivity contribution in [2.45, 2.75) is 18.8 Å². The van der Waals surface area contributed by atoms with Crippen LogP contribution in [0.2, 0.25) is 0 Å². The van der Waals surface area contributed by atoms with Crippen molar-refractivity contribution in [2.24, 2.45) is 5.73 Å². The van der Waals surface area contributed by atoms with Crippen LogP contribution in [-0.4, -0.2) is 31.5 Å². The molecule has 0 aliphatic heterocycles. The van der Waals surface area contributed by atoms with Crippen LogP contribution in [0.3, 0.4) is 0 Å². The Hall–Kier alpha value is -3.13. The van der Waals surface area contributed by atoms with E-state index in [9.17, 15) is 4.79 Å². The number of primary amides is 1. The van der Waals surface area contributed by atoms with Crippen LogP contribution in [0.4, 0.5) is 0 Å². The minimum atomic E-state index is -0.332. The maximum absolute atomic E-state index is 11.6. The Morgan fingerprint density at radius 2 is 2.08 bits per heavy atom. The Morgan fingerprint density at radius 1 is 1.19 bits per heavy atom. The number of fused-ring (bicyclic) bond motifs is 1. The molecule has 0 spiro atoms. The minimum absolute atomic E-state index is 0.0556. The van der Waals surface area contributed by atoms with Gasteiger partial charge in [0.1, 0.15) is 0 Å². The van der Waals surface area contributed by atoms with Gasteiger partial charge >= 0.3 is 0 Å². The molecular formula is C18H16N6OS. The number of hydrogen-bond donors (Lipinski definition) is 2. The highest BCUT2D eigenvalue weighted by atomic mass is 32.1. The molecule has 0 bridgehead atoms. The van der Waals surface area contributed by atoms with Crippen molar-refractivity contribution in [3.05, 3.63) is 59.1 Å². The Balaban J connectivity index is 1.66. The smallest absolute Gasteiger partial charge is 0.218 e. The number of thiazole rings is 1. The van der Waals surface area contributed by atoms with Crippen LogP contribution in [0.25, 0.3) is 21.6 Å². The Morgan fingerprint density at radius 3 is 2.85 bits per heavy atom. The fraction of sp³-hybridized carbons (Fsp3) is 0.167. The lowest BCUT2D eigenvalue weighted by Crippen LogP contribution is -2.17. The van der Waals surface area contributed by atoms with Crippen LogP contribution in [0.15, 0.2) is 48.5 Å². The van der Waals surface area contributed by atoms with Crippen molar-refractivity contribution in [1.29, 1.82) is 0 Å². The second-order valence-corrected chi connectivity index (χ2v) is 7.12. The number of H-pyrrole nitrogens is 1. The van der Waals surface area contributed by atoms with Crippen molar-refractivity contribution in [2.75, 3.05) is 0 Å². The van der Waals surface area contributed by atoms with Crippen molar-refractivity contribution < 1.29 is 4.79 Å². The summed E-state index contributed by atoms with van der Waals surface area (Å²) in [5.74, 6) is 0.130. The SMILES string of the molecule is NC(=O)CC(Cc1nc2ccccc2s1)c1cccc(-c2nn[nH]n2)c1. The first kappa shape index (κ1) is 16.3. The average molecular weight is 364 g/mol. The molecule has 0 saturated carbocycles. The Bertz CT molecular complexity index is 1010. The highest BCUT2D eigenvalue weighted by molar-refractivity contribution is 7.18. The monoisotopic (exact) mass is 364 g/mol. The van der Waals surface area contributed by atoms with Crippen molar-refractivity contribution in [3.63, 3.8) is 0 Å². The molecule has 0 saturated heterocycles. The van der Waals surface area contributed by atoms with Crippen molar-refractivity contribution >= 4 is 27.5 Å². The number of carbonyl (C=O) groups is 1. The van der Waals surface area contributed by atoms with Gasteiger partial charge in [-0.1, -0.05) is 30.3 Å². The molecule has 1 atom stereocenters. The van der Waals surface area contributed by atoms with Gasteiger partial charge in [-0.05, 0) is 34.9 Å². The summed E-state index contributed by atoms with van der Waals surface area (Å²) in [5.41, 5.74) is 8.32. The number of amides is 1. The number of hydrogen-bond acceptors (Lipinski definition) is 6. The van der Waals surface area contributed by atoms with E-state index in [2.05, 4.69) is 31.7 Å². The third-order valence-corrected chi connectivity index (χ3v) is 5.23. The molecular weight excluding hydrogens is 348 g/mol. The van der Waals surface area contributed by atoms with Gasteiger partial charge in [-0.3, -0.25) is 4.79 Å². The number of aromatic nitrogens is 5. The molecule has 4 rings (SSSR count). The summed E-state index contributed by atoms with van der Waals surface area (Å²) < 4.78 is 1.14. The van der Waals surface area contributed by atoms with Gasteiger partial charge in [-0.2, -0.15) is 5.21 Å². The van der Waals surface area contributed by atoms with Crippen LogP contribution in [0, 0.1) is 0 Å². The zero-order chi connectivity index (χ0) is 17.9. The van der Waals surface area contributed by atoms with Crippen LogP contribution < -0.4 is 5.73 Å². The molecule has 2 aromatic carbocycles. The van der Waals surface area contributed by atoms with E-state index in [0.29, 0.717) is 12.2 Å². The molecule has 0 fully saturated rings. The molecule has 2 heterocycles. The zero-order valence-corrected chi connectivity index (χ0v) is 14.6. The van der Waals surface area contributed by atoms with E-state index in [0.717, 1.165) is 26.4 Å². The predicted octanol–water partition coefficient (Wildman–Crippen LogP) is 2.68. The van der Waals surface area contributed by atoms with E-state index in [-0.39, 0.29) is 18.2 Å². The molecule has 26 heavy (non-hydrogen) atoms. The lowest BCUT2D eigenvalue weighted by molar-refractivity contribution is -0.118. The molecule has 4 aromatic rings. The van der Waals surface area contributed by atoms with Gasteiger partial charge in [0.15, 0.2) is 0 Å². The summed E-state index contributed by atoms with van der Waals surface area (Å²) in [4.78, 5) is 16.3. The fourth-order valence-electron chi connectivity index (χ4n) is 2.98. The van der Waals surface area contributed by atoms with Crippen LogP contribution in [0.5, 0.6) is 0 Å². The third kappa shape index (κ3) is 3.45. The molecule has 1 amide bonds. The quantitative estimate of drug-likeness (QED) is 0.546. The first-order valence-electron chi connectivity index (χ1n) is 8.15. The molecule has 1 unspecified atom stereocenters. The van der Waals surface area contributed by atoms with Gasteiger partial charge < -0.3 is 5.73 Å². The summed E-state index contributed by atoms with van der Waals surface area (Å²) >= 11 is 1.65. The number of aromatic amines is 1. The molecule has 3 N–H and O–H groups in total. The number of nitrogens with two attached hydrogens (primary N) is 1. The molecule has 130 valence electrons. The van der Waals surface area contributed by atoms with Gasteiger partial charge in [0.2, 0.25) is 11.7 Å². The molecule has 7 nitrogen and oxygen atoms in total. The van der Waals surface area contributed by atoms with Crippen molar-refractivity contribution in [3.8, 4) is 11.4 Å². The van der Waals surface area contributed by atoms with E-state index in [1.54, 1.807) is 11.3 Å². The minimum Gasteiger partial charge on any atom is -0.370 e. The molecule has 0 aliphatic carbocycles. The topological polar surface area (TPSA) is 110 Å². The maximum Gasteiger partial charge on any atom is 0.218 e. The van der Waals surface area contributed by atoms with E-state index in [1.807, 2.05) is 42.5 Å². The number of nitrogens with one attached hydrogen (secondary N) is 1. The van der Waals surface area contributed by atoms with Gasteiger partial charge in [0.05, 0.1) is 15.2 Å². The highest BCUT2D eigenvalue weighted by Crippen LogP contribution is 2.30. The van der Waals surface area contributed by atoms with Crippen LogP contribution in [-0.2, 0) is 11.2 Å². The lowest BCUT2D eigenvalue weighted by atomic mass is 9.91. The van der Waals surface area contributed by atoms with E-state index >= 15 is 0 Å². The summed E-state index contributed by atoms with van der Waals surface area (Å²) in [6, 6.07) is 15.8. The summed E-state index contributed by atoms with van der Waals surface area (Å²) in [6.45, 7) is 0. The number of para-hydroxylation sites is 1. The summed E-state index contributed by atoms with van der Waals surface area (Å²) in [6.07, 6.45) is 0.906. The normalized spacial score (nSPS) is 12.3. The van der Waals surface area contributed by atoms with E-state index < -0.39 is 0 Å². The number of benzene rings is 2. The maximum atomic E-state index is 11.6. The summed E-state index contributed by atoms with van der Waals surface area (Å²) in [5, 5.41) is 15.1. The Labute approximate surface area is 153 Å². The van der Waals surface area contributed by atoms with Gasteiger partial charge in [-0.15, -0.1) is 21.5 Å². The summed E-state index contributed by atoms with van der Waals surface area (Å²) in [7, 11) is 0. The second kappa shape index (κ2) is 7.01. The van der Waals surface area contributed by atoms with Crippen molar-refractivity contribution in [1.82, 2.24) is 25.6 Å². The predicted molar refractivity (Wildman–Crippen MR) is 99.5 cm³/mol. The number of nitrogens with zero attached hydrogens (tertiary/aromatic N) is 4. The molecule has 2 aromatic heterocycles. The van der Waals surface area contributed by atoms with E-state index in [4.69, 9.17) is 5.73 Å². The van der Waals surface area contributed by atoms with Gasteiger partial charge in [0.25, 0.3) is 0 Å². The first-order chi connectivity index (χ1) is 12.7. The van der Waals surface area contributed by atoms with Gasteiger partial charge in [0, 0.05) is 18.4 Å². The lowest BCUT2D eigenvalue weighted by Gasteiger charge is -2.15. The average Bonchev–Trinajstić information content (AvgIpc) is 3.30. The third-order valence-electron chi connectivity index (χ3n) is 4.17. The Kier molecular flexibility index (Phi) is 4.40. The largest absolute Gasteiger partial charge is 0.370 e. The number of tetrazole rings is 1. The van der Waals surface area contributed by atoms with E-state index in [1.165, 1.54) is 0 Å². The standard InChI is InChI=1S/C18H16N6OS/c19-16(25)9-13(10-17-20-14-6-1-2-7-15(14)26-17)11-4-3-5-12(8-11)18-21-23-24-22-18/h1-8,13H,9-10H2,(H2,19,25)(H,21,22,23,24). The fourth-order valence-corrected chi connectivity index (χ4v) is 4.03. The van der Waals surface area contributed by atoms with Crippen LogP contribution >= 0.6 is 11.3 Å².